The number of rotatable bonds is 6. The molecule has 3 aromatic heterocycles. The molecule has 6 nitrogen and oxygen atoms in total. The number of anilines is 1. The van der Waals surface area contributed by atoms with Crippen LogP contribution in [0.5, 0.6) is 0 Å². The highest BCUT2D eigenvalue weighted by atomic mass is 32.1. The van der Waals surface area contributed by atoms with Gasteiger partial charge in [0.05, 0.1) is 4.88 Å². The van der Waals surface area contributed by atoms with Gasteiger partial charge in [-0.2, -0.15) is 27.5 Å². The molecule has 0 spiro atoms. The first-order valence-corrected chi connectivity index (χ1v) is 9.94. The van der Waals surface area contributed by atoms with Gasteiger partial charge in [0.2, 0.25) is 23.3 Å². The Morgan fingerprint density at radius 3 is 2.38 bits per heavy atom. The maximum absolute atomic E-state index is 13.9. The summed E-state index contributed by atoms with van der Waals surface area (Å²) < 4.78 is 59.7. The van der Waals surface area contributed by atoms with Crippen molar-refractivity contribution in [3.8, 4) is 10.7 Å². The first kappa shape index (κ1) is 19.8. The summed E-state index contributed by atoms with van der Waals surface area (Å²) in [7, 11) is 0. The first-order valence-electron chi connectivity index (χ1n) is 9.06. The van der Waals surface area contributed by atoms with Crippen LogP contribution >= 0.6 is 11.3 Å². The van der Waals surface area contributed by atoms with Gasteiger partial charge in [-0.05, 0) is 24.4 Å². The minimum Gasteiger partial charge on any atom is -0.364 e. The van der Waals surface area contributed by atoms with Crippen molar-refractivity contribution in [3.05, 3.63) is 46.9 Å². The monoisotopic (exact) mass is 427 g/mol. The van der Waals surface area contributed by atoms with Crippen molar-refractivity contribution in [2.75, 3.05) is 37.6 Å². The largest absolute Gasteiger partial charge is 0.364 e. The van der Waals surface area contributed by atoms with E-state index in [9.17, 15) is 17.6 Å². The molecule has 1 fully saturated rings. The summed E-state index contributed by atoms with van der Waals surface area (Å²) in [6.45, 7) is 2.25. The summed E-state index contributed by atoms with van der Waals surface area (Å²) in [6, 6.07) is 3.84. The predicted molar refractivity (Wildman–Crippen MR) is 98.7 cm³/mol. The second-order valence-corrected chi connectivity index (χ2v) is 7.54. The van der Waals surface area contributed by atoms with Gasteiger partial charge in [-0.3, -0.25) is 4.90 Å². The number of nitrogens with zero attached hydrogens (tertiary/aromatic N) is 5. The maximum atomic E-state index is 13.9. The third-order valence-electron chi connectivity index (χ3n) is 4.74. The molecule has 4 heterocycles. The van der Waals surface area contributed by atoms with E-state index in [0.717, 1.165) is 17.8 Å². The van der Waals surface area contributed by atoms with Crippen LogP contribution in [0, 0.1) is 23.5 Å². The molecule has 0 saturated carbocycles. The zero-order valence-electron chi connectivity index (χ0n) is 15.2. The molecule has 11 heteroatoms. The minimum atomic E-state index is -1.64. The van der Waals surface area contributed by atoms with Crippen molar-refractivity contribution in [1.82, 2.24) is 20.0 Å². The number of thiophene rings is 1. The van der Waals surface area contributed by atoms with Gasteiger partial charge >= 0.3 is 0 Å². The van der Waals surface area contributed by atoms with Crippen molar-refractivity contribution in [3.63, 3.8) is 0 Å². The van der Waals surface area contributed by atoms with Gasteiger partial charge in [0.15, 0.2) is 0 Å². The summed E-state index contributed by atoms with van der Waals surface area (Å²) in [5.74, 6) is -5.07. The molecule has 29 heavy (non-hydrogen) atoms. The standard InChI is InChI=1S/C18H17F4N5OS/c19-13-15(14(20)17(22)24-16(13)21)27-8-6-26(7-9-27)5-1-4-12-23-18(25-28-12)11-3-2-10-29-11/h2-3,10H,1,4-9H2. The quantitative estimate of drug-likeness (QED) is 0.443. The van der Waals surface area contributed by atoms with Crippen LogP contribution in [-0.4, -0.2) is 52.7 Å². The van der Waals surface area contributed by atoms with Crippen LogP contribution in [0.4, 0.5) is 23.2 Å². The van der Waals surface area contributed by atoms with E-state index in [2.05, 4.69) is 20.0 Å². The number of hydrogen-bond acceptors (Lipinski definition) is 7. The second kappa shape index (κ2) is 8.46. The summed E-state index contributed by atoms with van der Waals surface area (Å²) in [6.07, 6.45) is 1.38. The third-order valence-corrected chi connectivity index (χ3v) is 5.60. The maximum Gasteiger partial charge on any atom is 0.253 e. The number of piperazine rings is 1. The molecule has 0 aliphatic carbocycles. The summed E-state index contributed by atoms with van der Waals surface area (Å²) in [5, 5.41) is 5.91. The second-order valence-electron chi connectivity index (χ2n) is 6.59. The van der Waals surface area contributed by atoms with E-state index in [-0.39, 0.29) is 13.1 Å². The molecule has 3 aromatic rings. The molecule has 0 atom stereocenters. The van der Waals surface area contributed by atoms with Crippen molar-refractivity contribution in [2.24, 2.45) is 0 Å². The van der Waals surface area contributed by atoms with Crippen LogP contribution in [0.25, 0.3) is 10.7 Å². The van der Waals surface area contributed by atoms with Crippen LogP contribution in [-0.2, 0) is 6.42 Å². The molecule has 0 aromatic carbocycles. The van der Waals surface area contributed by atoms with Gasteiger partial charge in [0.25, 0.3) is 11.9 Å². The average molecular weight is 427 g/mol. The third kappa shape index (κ3) is 4.25. The van der Waals surface area contributed by atoms with Gasteiger partial charge in [-0.15, -0.1) is 11.3 Å². The van der Waals surface area contributed by atoms with Crippen molar-refractivity contribution < 1.29 is 22.1 Å². The Hall–Kier alpha value is -2.53. The molecular formula is C18H17F4N5OS. The predicted octanol–water partition coefficient (Wildman–Crippen LogP) is 3.50. The fourth-order valence-corrected chi connectivity index (χ4v) is 3.91. The minimum absolute atomic E-state index is 0.250. The van der Waals surface area contributed by atoms with E-state index < -0.39 is 29.2 Å². The average Bonchev–Trinajstić information content (AvgIpc) is 3.40. The highest BCUT2D eigenvalue weighted by molar-refractivity contribution is 7.13. The molecule has 0 unspecified atom stereocenters. The summed E-state index contributed by atoms with van der Waals surface area (Å²) >= 11 is 1.54. The zero-order chi connectivity index (χ0) is 20.4. The first-order chi connectivity index (χ1) is 14.0. The molecular weight excluding hydrogens is 410 g/mol. The zero-order valence-corrected chi connectivity index (χ0v) is 16.1. The lowest BCUT2D eigenvalue weighted by Gasteiger charge is -2.36. The van der Waals surface area contributed by atoms with Gasteiger partial charge in [0, 0.05) is 32.6 Å². The van der Waals surface area contributed by atoms with Crippen molar-refractivity contribution in [2.45, 2.75) is 12.8 Å². The molecule has 4 rings (SSSR count). The Morgan fingerprint density at radius 1 is 1.00 bits per heavy atom. The number of aryl methyl sites for hydroxylation is 1. The Kier molecular flexibility index (Phi) is 5.76. The molecule has 0 N–H and O–H groups in total. The lowest BCUT2D eigenvalue weighted by molar-refractivity contribution is 0.248. The highest BCUT2D eigenvalue weighted by Crippen LogP contribution is 2.27. The van der Waals surface area contributed by atoms with E-state index >= 15 is 0 Å². The molecule has 0 bridgehead atoms. The number of aromatic nitrogens is 3. The van der Waals surface area contributed by atoms with E-state index in [1.807, 2.05) is 17.5 Å². The lowest BCUT2D eigenvalue weighted by Crippen LogP contribution is -2.47. The van der Waals surface area contributed by atoms with Gasteiger partial charge in [-0.1, -0.05) is 11.2 Å². The Bertz CT molecular complexity index is 947. The van der Waals surface area contributed by atoms with Crippen LogP contribution in [0.3, 0.4) is 0 Å². The van der Waals surface area contributed by atoms with Gasteiger partial charge in [0.1, 0.15) is 5.69 Å². The number of halogens is 4. The topological polar surface area (TPSA) is 58.3 Å². The smallest absolute Gasteiger partial charge is 0.253 e. The van der Waals surface area contributed by atoms with E-state index in [4.69, 9.17) is 4.52 Å². The van der Waals surface area contributed by atoms with Crippen LogP contribution in [0.2, 0.25) is 0 Å². The van der Waals surface area contributed by atoms with Crippen molar-refractivity contribution >= 4 is 17.0 Å². The molecule has 1 aliphatic rings. The molecule has 0 amide bonds. The van der Waals surface area contributed by atoms with Crippen molar-refractivity contribution in [1.29, 1.82) is 0 Å². The van der Waals surface area contributed by atoms with Gasteiger partial charge < -0.3 is 9.42 Å². The van der Waals surface area contributed by atoms with E-state index in [1.165, 1.54) is 16.2 Å². The van der Waals surface area contributed by atoms with Gasteiger partial charge in [-0.25, -0.2) is 0 Å². The SMILES string of the molecule is Fc1nc(F)c(F)c(N2CCN(CCCc3nc(-c4cccs4)no3)CC2)c1F. The highest BCUT2D eigenvalue weighted by Gasteiger charge is 2.27. The van der Waals surface area contributed by atoms with Crippen LogP contribution < -0.4 is 4.90 Å². The lowest BCUT2D eigenvalue weighted by atomic mass is 10.2. The van der Waals surface area contributed by atoms with E-state index in [0.29, 0.717) is 31.2 Å². The Labute approximate surface area is 167 Å². The normalized spacial score (nSPS) is 15.2. The molecule has 0 radical (unpaired) electrons. The fourth-order valence-electron chi connectivity index (χ4n) is 3.26. The van der Waals surface area contributed by atoms with E-state index in [1.54, 1.807) is 0 Å². The Morgan fingerprint density at radius 2 is 1.72 bits per heavy atom. The molecule has 154 valence electrons. The van der Waals surface area contributed by atoms with Crippen LogP contribution in [0.1, 0.15) is 12.3 Å². The summed E-state index contributed by atoms with van der Waals surface area (Å²) in [4.78, 5) is 11.3. The summed E-state index contributed by atoms with van der Waals surface area (Å²) in [5.41, 5.74) is -0.693. The molecule has 1 aliphatic heterocycles. The number of pyridine rings is 1. The van der Waals surface area contributed by atoms with Crippen LogP contribution in [0.15, 0.2) is 22.0 Å². The Balaban J connectivity index is 1.28. The molecule has 1 saturated heterocycles. The number of hydrogen-bond donors (Lipinski definition) is 0. The fraction of sp³-hybridized carbons (Fsp3) is 0.389.